The third kappa shape index (κ3) is 8.93. The number of allylic oxidation sites excluding steroid dienone is 3. The lowest BCUT2D eigenvalue weighted by Crippen LogP contribution is -2.66. The summed E-state index contributed by atoms with van der Waals surface area (Å²) in [5, 5.41) is 128. The zero-order chi connectivity index (χ0) is 53.1. The Balaban J connectivity index is 0.944. The molecule has 7 fully saturated rings. The molecule has 0 bridgehead atoms. The van der Waals surface area contributed by atoms with E-state index in [0.717, 1.165) is 55.2 Å². The summed E-state index contributed by atoms with van der Waals surface area (Å²) in [7, 11) is 0. The maximum absolute atomic E-state index is 14.7. The lowest BCUT2D eigenvalue weighted by Gasteiger charge is -2.70. The summed E-state index contributed by atoms with van der Waals surface area (Å²) in [6, 6.07) is 0. The van der Waals surface area contributed by atoms with Crippen molar-refractivity contribution in [2.24, 2.45) is 38.9 Å². The number of aliphatic hydroxyl groups excluding tert-OH is 12. The molecule has 3 saturated carbocycles. The van der Waals surface area contributed by atoms with Crippen LogP contribution in [-0.2, 0) is 42.7 Å². The first-order valence-electron chi connectivity index (χ1n) is 26.5. The van der Waals surface area contributed by atoms with E-state index in [0.29, 0.717) is 25.7 Å². The molecule has 416 valence electrons. The van der Waals surface area contributed by atoms with Gasteiger partial charge in [0.2, 0.25) is 6.29 Å². The van der Waals surface area contributed by atoms with Crippen LogP contribution >= 0.6 is 0 Å². The summed E-state index contributed by atoms with van der Waals surface area (Å²) in [6.45, 7) is 13.4. The van der Waals surface area contributed by atoms with Crippen LogP contribution in [0.25, 0.3) is 0 Å². The van der Waals surface area contributed by atoms with Crippen molar-refractivity contribution in [3.05, 3.63) is 22.8 Å². The van der Waals surface area contributed by atoms with Crippen LogP contribution < -0.4 is 0 Å². The molecule has 9 aliphatic rings. The van der Waals surface area contributed by atoms with Gasteiger partial charge in [-0.05, 0) is 123 Å². The Morgan fingerprint density at radius 3 is 1.95 bits per heavy atom. The van der Waals surface area contributed by atoms with Crippen molar-refractivity contribution < 1.29 is 104 Å². The first-order chi connectivity index (χ1) is 34.3. The van der Waals surface area contributed by atoms with Crippen molar-refractivity contribution in [2.75, 3.05) is 19.8 Å². The number of carbonyl (C=O) groups is 1. The highest BCUT2D eigenvalue weighted by atomic mass is 16.8. The third-order valence-electron chi connectivity index (χ3n) is 20.2. The zero-order valence-electron chi connectivity index (χ0n) is 43.0. The van der Waals surface area contributed by atoms with E-state index < -0.39 is 153 Å². The minimum atomic E-state index is -1.82. The molecule has 0 spiro atoms. The van der Waals surface area contributed by atoms with Crippen molar-refractivity contribution in [2.45, 2.75) is 235 Å². The number of rotatable bonds is 10. The Hall–Kier alpha value is -1.81. The maximum atomic E-state index is 14.7. The Bertz CT molecular complexity index is 2070. The average molecular weight is 1040 g/mol. The fourth-order valence-electron chi connectivity index (χ4n) is 15.7. The molecule has 4 heterocycles. The van der Waals surface area contributed by atoms with Gasteiger partial charge in [0.05, 0.1) is 37.4 Å². The summed E-state index contributed by atoms with van der Waals surface area (Å²) in [4.78, 5) is 14.7. The number of carbonyl (C=O) groups excluding carboxylic acids is 1. The summed E-state index contributed by atoms with van der Waals surface area (Å²) in [5.41, 5.74) is 1.05. The minimum absolute atomic E-state index is 0.139. The molecule has 4 saturated heterocycles. The summed E-state index contributed by atoms with van der Waals surface area (Å²) in [5.74, 6) is -0.185. The van der Waals surface area contributed by atoms with E-state index in [1.54, 1.807) is 0 Å². The molecule has 73 heavy (non-hydrogen) atoms. The van der Waals surface area contributed by atoms with Crippen LogP contribution in [0.15, 0.2) is 22.8 Å². The van der Waals surface area contributed by atoms with Gasteiger partial charge >= 0.3 is 5.97 Å². The molecule has 0 aromatic rings. The topological polar surface area (TPSA) is 334 Å². The molecule has 0 radical (unpaired) electrons. The molecule has 0 amide bonds. The second-order valence-electron chi connectivity index (χ2n) is 24.3. The Kier molecular flexibility index (Phi) is 15.7. The molecule has 5 aliphatic carbocycles. The van der Waals surface area contributed by atoms with Crippen molar-refractivity contribution in [1.82, 2.24) is 0 Å². The molecule has 9 rings (SSSR count). The number of aliphatic hydroxyl groups is 12. The van der Waals surface area contributed by atoms with E-state index in [1.165, 1.54) is 6.92 Å². The van der Waals surface area contributed by atoms with Crippen LogP contribution in [0.3, 0.4) is 0 Å². The highest BCUT2D eigenvalue weighted by Crippen LogP contribution is 2.75. The predicted octanol–water partition coefficient (Wildman–Crippen LogP) is -0.694. The smallest absolute Gasteiger partial charge is 0.318 e. The SMILES string of the molecule is CC1=C2C3=CCC4[C@@]5(C)CC[C@H](OC6OCC(O)C(O)C6OC6OC(CO)C(O)C(O)C6OC6OC(C)C(O)C(O)C6O)C(C)(C)C5CC[C@@]4(C)[C@]3(C)CC[C@@]2(C(=O)OC2OC(CO)C(O)C(O)C2O)CCC1. The Morgan fingerprint density at radius 1 is 0.644 bits per heavy atom. The summed E-state index contributed by atoms with van der Waals surface area (Å²) in [6.07, 6.45) is -20.4. The summed E-state index contributed by atoms with van der Waals surface area (Å²) < 4.78 is 48.4. The Labute approximate surface area is 426 Å². The highest BCUT2D eigenvalue weighted by molar-refractivity contribution is 5.84. The predicted molar refractivity (Wildman–Crippen MR) is 251 cm³/mol. The van der Waals surface area contributed by atoms with Crippen LogP contribution in [0.5, 0.6) is 0 Å². The molecule has 4 aliphatic heterocycles. The molecule has 21 nitrogen and oxygen atoms in total. The second-order valence-corrected chi connectivity index (χ2v) is 24.3. The number of esters is 1. The number of hydrogen-bond acceptors (Lipinski definition) is 21. The Morgan fingerprint density at radius 2 is 1.26 bits per heavy atom. The van der Waals surface area contributed by atoms with Crippen LogP contribution in [-0.4, -0.2) is 210 Å². The van der Waals surface area contributed by atoms with E-state index in [4.69, 9.17) is 37.9 Å². The van der Waals surface area contributed by atoms with E-state index >= 15 is 0 Å². The molecular weight excluding hydrogens is 961 g/mol. The van der Waals surface area contributed by atoms with Gasteiger partial charge in [0.25, 0.3) is 0 Å². The molecule has 26 atom stereocenters. The van der Waals surface area contributed by atoms with Crippen LogP contribution in [0, 0.1) is 38.9 Å². The van der Waals surface area contributed by atoms with Gasteiger partial charge in [-0.15, -0.1) is 0 Å². The lowest BCUT2D eigenvalue weighted by atomic mass is 9.34. The number of hydrogen-bond donors (Lipinski definition) is 12. The van der Waals surface area contributed by atoms with Gasteiger partial charge in [0.1, 0.15) is 85.5 Å². The third-order valence-corrected chi connectivity index (χ3v) is 20.2. The highest BCUT2D eigenvalue weighted by Gasteiger charge is 2.69. The van der Waals surface area contributed by atoms with Gasteiger partial charge in [0.15, 0.2) is 18.9 Å². The van der Waals surface area contributed by atoms with Crippen molar-refractivity contribution in [1.29, 1.82) is 0 Å². The van der Waals surface area contributed by atoms with E-state index in [9.17, 15) is 66.1 Å². The second kappa shape index (κ2) is 20.4. The maximum Gasteiger partial charge on any atom is 0.318 e. The fourth-order valence-corrected chi connectivity index (χ4v) is 15.7. The quantitative estimate of drug-likeness (QED) is 0.0951. The molecule has 0 aromatic heterocycles. The van der Waals surface area contributed by atoms with Crippen molar-refractivity contribution in [3.8, 4) is 0 Å². The van der Waals surface area contributed by atoms with Gasteiger partial charge < -0.3 is 99.2 Å². The van der Waals surface area contributed by atoms with Crippen molar-refractivity contribution >= 4 is 5.97 Å². The molecule has 0 aromatic carbocycles. The monoisotopic (exact) mass is 1040 g/mol. The van der Waals surface area contributed by atoms with Gasteiger partial charge in [-0.25, -0.2) is 0 Å². The lowest BCUT2D eigenvalue weighted by molar-refractivity contribution is -0.392. The van der Waals surface area contributed by atoms with Gasteiger partial charge in [-0.2, -0.15) is 0 Å². The number of ether oxygens (including phenoxy) is 8. The van der Waals surface area contributed by atoms with E-state index in [1.807, 2.05) is 0 Å². The van der Waals surface area contributed by atoms with Crippen molar-refractivity contribution in [3.63, 3.8) is 0 Å². The van der Waals surface area contributed by atoms with Gasteiger partial charge in [0, 0.05) is 0 Å². The molecule has 12 N–H and O–H groups in total. The minimum Gasteiger partial charge on any atom is -0.432 e. The van der Waals surface area contributed by atoms with Gasteiger partial charge in [-0.3, -0.25) is 4.79 Å². The average Bonchev–Trinajstić information content (AvgIpc) is 3.35. The van der Waals surface area contributed by atoms with Crippen LogP contribution in [0.2, 0.25) is 0 Å². The van der Waals surface area contributed by atoms with Crippen LogP contribution in [0.4, 0.5) is 0 Å². The summed E-state index contributed by atoms with van der Waals surface area (Å²) >= 11 is 0. The fraction of sp³-hybridized carbons (Fsp3) is 0.904. The standard InChI is InChI=1S/C52H82O21/c1-22-9-8-14-52(47(65)73-44-40(64)37(61)34(58)26(19-53)68-44)18-17-50(6)24(31(22)52)10-11-29-49(5)15-13-30(48(3,4)28(49)12-16-51(29,50)7)70-45-41(33(57)25(55)21-66-45)72-46-42(38(62)35(59)27(20-54)69-46)71-43-39(63)36(60)32(56)23(2)67-43/h10,23,25-30,32-46,53-64H,8-9,11-21H2,1-7H3/t23?,25?,26?,27?,28?,29?,30-,32?,33?,34?,35?,36?,37?,38?,39?,40?,41?,42?,43?,44?,45?,46?,49-,50+,51+,52-/m0/s1. The molecule has 21 unspecified atom stereocenters. The zero-order valence-corrected chi connectivity index (χ0v) is 43.0. The first-order valence-corrected chi connectivity index (χ1v) is 26.5. The first kappa shape index (κ1) is 55.9. The largest absolute Gasteiger partial charge is 0.432 e. The van der Waals surface area contributed by atoms with E-state index in [-0.39, 0.29) is 34.7 Å². The number of fused-ring (bicyclic) bond motifs is 7. The molecule has 21 heteroatoms. The van der Waals surface area contributed by atoms with Crippen LogP contribution in [0.1, 0.15) is 113 Å². The normalized spacial score (nSPS) is 53.0. The van der Waals surface area contributed by atoms with Gasteiger partial charge in [-0.1, -0.05) is 46.3 Å². The van der Waals surface area contributed by atoms with E-state index in [2.05, 4.69) is 47.6 Å². The molecular formula is C52H82O21.